The first-order chi connectivity index (χ1) is 17.2. The van der Waals surface area contributed by atoms with Gasteiger partial charge in [-0.2, -0.15) is 0 Å². The molecule has 176 valence electrons. The normalized spacial score (nSPS) is 11.2. The summed E-state index contributed by atoms with van der Waals surface area (Å²) in [5, 5.41) is 18.4. The van der Waals surface area contributed by atoms with Gasteiger partial charge < -0.3 is 4.42 Å². The zero-order valence-corrected chi connectivity index (χ0v) is 20.8. The maximum atomic E-state index is 5.95. The molecular formula is C27H26N6OS. The summed E-state index contributed by atoms with van der Waals surface area (Å²) in [5.74, 6) is 2.31. The Morgan fingerprint density at radius 2 is 1.60 bits per heavy atom. The minimum absolute atomic E-state index is 0.486. The van der Waals surface area contributed by atoms with Crippen LogP contribution in [0.3, 0.4) is 0 Å². The van der Waals surface area contributed by atoms with Crippen molar-refractivity contribution < 1.29 is 4.42 Å². The minimum Gasteiger partial charge on any atom is -0.420 e. The van der Waals surface area contributed by atoms with E-state index < -0.39 is 0 Å². The van der Waals surface area contributed by atoms with Crippen LogP contribution in [0.25, 0.3) is 28.5 Å². The highest BCUT2D eigenvalue weighted by molar-refractivity contribution is 7.98. The van der Waals surface area contributed by atoms with E-state index in [0.29, 0.717) is 17.5 Å². The van der Waals surface area contributed by atoms with Crippen molar-refractivity contribution in [3.63, 3.8) is 0 Å². The maximum absolute atomic E-state index is 5.95. The van der Waals surface area contributed by atoms with Crippen molar-refractivity contribution in [1.29, 1.82) is 0 Å². The Morgan fingerprint density at radius 1 is 0.829 bits per heavy atom. The lowest BCUT2D eigenvalue weighted by atomic mass is 10.0. The summed E-state index contributed by atoms with van der Waals surface area (Å²) in [6, 6.07) is 18.4. The van der Waals surface area contributed by atoms with E-state index >= 15 is 0 Å². The minimum atomic E-state index is 0.486. The summed E-state index contributed by atoms with van der Waals surface area (Å²) in [5.41, 5.74) is 6.64. The molecule has 3 aromatic heterocycles. The number of nitrogens with zero attached hydrogens (tertiary/aromatic N) is 6. The van der Waals surface area contributed by atoms with Crippen LogP contribution in [0, 0.1) is 6.92 Å². The largest absolute Gasteiger partial charge is 0.420 e. The number of thioether (sulfide) groups is 1. The maximum Gasteiger partial charge on any atom is 0.247 e. The van der Waals surface area contributed by atoms with Crippen LogP contribution < -0.4 is 0 Å². The predicted octanol–water partition coefficient (Wildman–Crippen LogP) is 6.10. The van der Waals surface area contributed by atoms with Crippen LogP contribution in [0.15, 0.2) is 76.6 Å². The SMILES string of the molecule is CCc1cccc(CC)c1-n1c(SCc2nnc(-c3ccc(C)cc3)o2)nnc1-c1cccnc1. The van der Waals surface area contributed by atoms with Crippen LogP contribution in [0.1, 0.15) is 36.4 Å². The molecule has 0 spiro atoms. The zero-order valence-electron chi connectivity index (χ0n) is 20.0. The number of hydrogen-bond donors (Lipinski definition) is 0. The van der Waals surface area contributed by atoms with E-state index in [1.54, 1.807) is 6.20 Å². The second-order valence-corrected chi connectivity index (χ2v) is 9.11. The van der Waals surface area contributed by atoms with Gasteiger partial charge in [-0.3, -0.25) is 9.55 Å². The van der Waals surface area contributed by atoms with E-state index in [1.165, 1.54) is 28.5 Å². The fourth-order valence-corrected chi connectivity index (χ4v) is 4.77. The van der Waals surface area contributed by atoms with Gasteiger partial charge in [-0.05, 0) is 55.2 Å². The third-order valence-electron chi connectivity index (χ3n) is 5.83. The number of para-hydroxylation sites is 1. The van der Waals surface area contributed by atoms with E-state index in [1.807, 2.05) is 42.6 Å². The molecule has 5 aromatic rings. The summed E-state index contributed by atoms with van der Waals surface area (Å²) in [4.78, 5) is 4.30. The molecule has 0 saturated heterocycles. The topological polar surface area (TPSA) is 82.5 Å². The van der Waals surface area contributed by atoms with Gasteiger partial charge in [0.25, 0.3) is 0 Å². The molecule has 3 heterocycles. The number of pyridine rings is 1. The van der Waals surface area contributed by atoms with Gasteiger partial charge in [-0.15, -0.1) is 20.4 Å². The van der Waals surface area contributed by atoms with Crippen LogP contribution in [0.4, 0.5) is 0 Å². The third-order valence-corrected chi connectivity index (χ3v) is 6.75. The molecule has 0 aliphatic heterocycles. The van der Waals surface area contributed by atoms with Crippen molar-refractivity contribution in [1.82, 2.24) is 29.9 Å². The Balaban J connectivity index is 1.51. The molecule has 7 nitrogen and oxygen atoms in total. The molecular weight excluding hydrogens is 456 g/mol. The first-order valence-electron chi connectivity index (χ1n) is 11.7. The molecule has 0 aliphatic carbocycles. The second kappa shape index (κ2) is 10.2. The van der Waals surface area contributed by atoms with E-state index in [-0.39, 0.29) is 0 Å². The van der Waals surface area contributed by atoms with E-state index in [2.05, 4.69) is 68.9 Å². The van der Waals surface area contributed by atoms with Crippen molar-refractivity contribution in [2.45, 2.75) is 44.5 Å². The van der Waals surface area contributed by atoms with Gasteiger partial charge >= 0.3 is 0 Å². The first-order valence-corrected chi connectivity index (χ1v) is 12.7. The van der Waals surface area contributed by atoms with Gasteiger partial charge in [0.1, 0.15) is 0 Å². The Labute approximate surface area is 208 Å². The highest BCUT2D eigenvalue weighted by Crippen LogP contribution is 2.33. The highest BCUT2D eigenvalue weighted by atomic mass is 32.2. The summed E-state index contributed by atoms with van der Waals surface area (Å²) >= 11 is 1.53. The number of aryl methyl sites for hydroxylation is 3. The summed E-state index contributed by atoms with van der Waals surface area (Å²) in [6.45, 7) is 6.39. The Morgan fingerprint density at radius 3 is 2.29 bits per heavy atom. The van der Waals surface area contributed by atoms with Crippen molar-refractivity contribution in [3.05, 3.63) is 89.6 Å². The lowest BCUT2D eigenvalue weighted by Gasteiger charge is -2.17. The zero-order chi connectivity index (χ0) is 24.2. The van der Waals surface area contributed by atoms with Gasteiger partial charge in [0.15, 0.2) is 11.0 Å². The quantitative estimate of drug-likeness (QED) is 0.247. The number of hydrogen-bond acceptors (Lipinski definition) is 7. The van der Waals surface area contributed by atoms with Gasteiger partial charge in [-0.25, -0.2) is 0 Å². The third kappa shape index (κ3) is 4.74. The van der Waals surface area contributed by atoms with Gasteiger partial charge in [0.2, 0.25) is 11.8 Å². The molecule has 0 N–H and O–H groups in total. The smallest absolute Gasteiger partial charge is 0.247 e. The van der Waals surface area contributed by atoms with Crippen molar-refractivity contribution in [2.24, 2.45) is 0 Å². The summed E-state index contributed by atoms with van der Waals surface area (Å²) in [7, 11) is 0. The first kappa shape index (κ1) is 23.0. The van der Waals surface area contributed by atoms with Crippen molar-refractivity contribution >= 4 is 11.8 Å². The highest BCUT2D eigenvalue weighted by Gasteiger charge is 2.21. The standard InChI is InChI=1S/C27H26N6OS/c1-4-19-8-6-9-20(5-2)24(19)33-25(22-10-7-15-28-16-22)30-32-27(33)35-17-23-29-31-26(34-23)21-13-11-18(3)12-14-21/h6-16H,4-5,17H2,1-3H3. The molecule has 0 aliphatic rings. The Bertz CT molecular complexity index is 1400. The van der Waals surface area contributed by atoms with Crippen LogP contribution in [-0.4, -0.2) is 29.9 Å². The molecule has 0 bridgehead atoms. The monoisotopic (exact) mass is 482 g/mol. The molecule has 0 saturated carbocycles. The number of aromatic nitrogens is 6. The van der Waals surface area contributed by atoms with Gasteiger partial charge in [0, 0.05) is 23.5 Å². The average molecular weight is 483 g/mol. The molecule has 0 atom stereocenters. The average Bonchev–Trinajstić information content (AvgIpc) is 3.55. The van der Waals surface area contributed by atoms with Crippen molar-refractivity contribution in [3.8, 4) is 28.5 Å². The van der Waals surface area contributed by atoms with E-state index in [9.17, 15) is 0 Å². The van der Waals surface area contributed by atoms with Gasteiger partial charge in [0.05, 0.1) is 11.4 Å². The van der Waals surface area contributed by atoms with Crippen LogP contribution >= 0.6 is 11.8 Å². The molecule has 5 rings (SSSR count). The number of rotatable bonds is 8. The van der Waals surface area contributed by atoms with E-state index in [0.717, 1.165) is 40.6 Å². The Hall–Kier alpha value is -3.78. The fourth-order valence-electron chi connectivity index (χ4n) is 4.00. The lowest BCUT2D eigenvalue weighted by Crippen LogP contribution is -2.07. The van der Waals surface area contributed by atoms with Gasteiger partial charge in [-0.1, -0.05) is 61.5 Å². The second-order valence-electron chi connectivity index (χ2n) is 8.17. The molecule has 35 heavy (non-hydrogen) atoms. The Kier molecular flexibility index (Phi) is 6.72. The molecule has 0 amide bonds. The van der Waals surface area contributed by atoms with Crippen LogP contribution in [0.5, 0.6) is 0 Å². The van der Waals surface area contributed by atoms with E-state index in [4.69, 9.17) is 4.42 Å². The summed E-state index contributed by atoms with van der Waals surface area (Å²) in [6.07, 6.45) is 5.39. The predicted molar refractivity (Wildman–Crippen MR) is 137 cm³/mol. The van der Waals surface area contributed by atoms with Crippen LogP contribution in [-0.2, 0) is 18.6 Å². The molecule has 0 fully saturated rings. The lowest BCUT2D eigenvalue weighted by molar-refractivity contribution is 0.528. The number of benzene rings is 2. The molecule has 8 heteroatoms. The molecule has 0 unspecified atom stereocenters. The summed E-state index contributed by atoms with van der Waals surface area (Å²) < 4.78 is 8.10. The van der Waals surface area contributed by atoms with Crippen molar-refractivity contribution in [2.75, 3.05) is 0 Å². The fraction of sp³-hybridized carbons (Fsp3) is 0.222. The molecule has 2 aromatic carbocycles. The van der Waals surface area contributed by atoms with Crippen LogP contribution in [0.2, 0.25) is 0 Å². The molecule has 0 radical (unpaired) electrons.